The van der Waals surface area contributed by atoms with Crippen LogP contribution in [0.3, 0.4) is 0 Å². The fourth-order valence-corrected chi connectivity index (χ4v) is 0. The van der Waals surface area contributed by atoms with Crippen molar-refractivity contribution in [3.8, 4) is 0 Å². The average molecular weight is 63.0 g/mol. The zero-order valence-corrected chi connectivity index (χ0v) is 2.22. The van der Waals surface area contributed by atoms with Gasteiger partial charge in [0.25, 0.3) is 0 Å². The van der Waals surface area contributed by atoms with Crippen molar-refractivity contribution in [1.29, 1.82) is 0 Å². The Morgan fingerprint density at radius 1 is 1.75 bits per heavy atom. The molecule has 0 spiro atoms. The van der Waals surface area contributed by atoms with E-state index >= 15 is 0 Å². The third-order valence-electron chi connectivity index (χ3n) is 0.0680. The van der Waals surface area contributed by atoms with E-state index in [4.69, 9.17) is 5.26 Å². The van der Waals surface area contributed by atoms with Crippen LogP contribution in [0.25, 0.3) is 0 Å². The van der Waals surface area contributed by atoms with Gasteiger partial charge in [-0.25, -0.2) is 4.89 Å². The third kappa shape index (κ3) is 1.88. The largest absolute Gasteiger partial charge is 0.692 e. The van der Waals surface area contributed by atoms with E-state index in [1.54, 1.807) is 0 Å². The molecular formula is CH3O3-. The summed E-state index contributed by atoms with van der Waals surface area (Å²) in [5, 5.41) is 11.4. The van der Waals surface area contributed by atoms with Gasteiger partial charge in [0, 0.05) is 0 Å². The van der Waals surface area contributed by atoms with Crippen molar-refractivity contribution in [2.75, 3.05) is 7.11 Å². The molecule has 0 radical (unpaired) electrons. The van der Waals surface area contributed by atoms with E-state index in [2.05, 4.69) is 9.93 Å². The molecule has 0 amide bonds. The fraction of sp³-hybridized carbons (Fsp3) is 1.00. The first-order valence-corrected chi connectivity index (χ1v) is 0.742. The molecule has 0 saturated heterocycles. The van der Waals surface area contributed by atoms with Gasteiger partial charge in [0.2, 0.25) is 0 Å². The number of hydrogen-bond acceptors (Lipinski definition) is 3. The highest BCUT2D eigenvalue weighted by molar-refractivity contribution is 3.33. The molecule has 0 aromatic carbocycles. The quantitative estimate of drug-likeness (QED) is 0.285. The van der Waals surface area contributed by atoms with Crippen molar-refractivity contribution in [2.45, 2.75) is 0 Å². The van der Waals surface area contributed by atoms with E-state index < -0.39 is 0 Å². The lowest BCUT2D eigenvalue weighted by atomic mass is 11.8. The molecular weight excluding hydrogens is 60.0 g/mol. The average Bonchev–Trinajstić information content (AvgIpc) is 1.37. The minimum Gasteiger partial charge on any atom is -0.692 e. The zero-order chi connectivity index (χ0) is 3.41. The standard InChI is InChI=1S/CH4O3/c1-3-4-2/h2H,1H3/p-1. The van der Waals surface area contributed by atoms with Crippen LogP contribution in [0.2, 0.25) is 0 Å². The van der Waals surface area contributed by atoms with Gasteiger partial charge < -0.3 is 5.26 Å². The first-order valence-electron chi connectivity index (χ1n) is 0.742. The Morgan fingerprint density at radius 2 is 2.00 bits per heavy atom. The zero-order valence-electron chi connectivity index (χ0n) is 2.22. The van der Waals surface area contributed by atoms with Crippen LogP contribution in [0.1, 0.15) is 0 Å². The van der Waals surface area contributed by atoms with Crippen LogP contribution in [0, 0.1) is 0 Å². The van der Waals surface area contributed by atoms with E-state index in [9.17, 15) is 0 Å². The smallest absolute Gasteiger partial charge is 0.0704 e. The van der Waals surface area contributed by atoms with E-state index in [1.165, 1.54) is 0 Å². The van der Waals surface area contributed by atoms with Crippen molar-refractivity contribution < 1.29 is 15.2 Å². The summed E-state index contributed by atoms with van der Waals surface area (Å²) in [6.45, 7) is 0. The Kier molecular flexibility index (Phi) is 2.79. The lowest BCUT2D eigenvalue weighted by molar-refractivity contribution is -0.796. The summed E-state index contributed by atoms with van der Waals surface area (Å²) < 4.78 is 0. The number of hydrogen-bond donors (Lipinski definition) is 0. The topological polar surface area (TPSA) is 41.5 Å². The molecule has 0 aliphatic rings. The summed E-state index contributed by atoms with van der Waals surface area (Å²) in [4.78, 5) is 3.49. The maximum Gasteiger partial charge on any atom is 0.0704 e. The molecule has 0 aliphatic carbocycles. The SMILES string of the molecule is COO[O-]. The highest BCUT2D eigenvalue weighted by Crippen LogP contribution is 1.44. The highest BCUT2D eigenvalue weighted by atomic mass is 17.5. The molecule has 0 saturated carbocycles. The summed E-state index contributed by atoms with van der Waals surface area (Å²) in [7, 11) is 1.15. The summed E-state index contributed by atoms with van der Waals surface area (Å²) in [6.07, 6.45) is 0. The summed E-state index contributed by atoms with van der Waals surface area (Å²) in [6, 6.07) is 0. The van der Waals surface area contributed by atoms with E-state index in [1.807, 2.05) is 0 Å². The molecule has 0 fully saturated rings. The van der Waals surface area contributed by atoms with E-state index in [0.717, 1.165) is 7.11 Å². The van der Waals surface area contributed by atoms with Crippen molar-refractivity contribution in [3.05, 3.63) is 0 Å². The fourth-order valence-electron chi connectivity index (χ4n) is 0. The van der Waals surface area contributed by atoms with Crippen LogP contribution in [0.15, 0.2) is 0 Å². The van der Waals surface area contributed by atoms with Gasteiger partial charge in [-0.2, -0.15) is 0 Å². The summed E-state index contributed by atoms with van der Waals surface area (Å²) >= 11 is 0. The van der Waals surface area contributed by atoms with Gasteiger partial charge in [-0.1, -0.05) is 0 Å². The van der Waals surface area contributed by atoms with Crippen molar-refractivity contribution in [3.63, 3.8) is 0 Å². The van der Waals surface area contributed by atoms with E-state index in [-0.39, 0.29) is 0 Å². The van der Waals surface area contributed by atoms with E-state index in [0.29, 0.717) is 0 Å². The molecule has 0 aliphatic heterocycles. The Morgan fingerprint density at radius 3 is 2.00 bits per heavy atom. The second-order valence-corrected chi connectivity index (χ2v) is 0.235. The highest BCUT2D eigenvalue weighted by Gasteiger charge is 1.37. The Labute approximate surface area is 23.6 Å². The van der Waals surface area contributed by atoms with Crippen LogP contribution >= 0.6 is 0 Å². The second-order valence-electron chi connectivity index (χ2n) is 0.235. The van der Waals surface area contributed by atoms with Gasteiger partial charge in [-0.05, 0) is 0 Å². The predicted octanol–water partition coefficient (Wildman–Crippen LogP) is -1.16. The molecule has 0 unspecified atom stereocenters. The normalized spacial score (nSPS) is 7.50. The molecule has 0 atom stereocenters. The molecule has 3 nitrogen and oxygen atoms in total. The summed E-state index contributed by atoms with van der Waals surface area (Å²) in [5.41, 5.74) is 0. The molecule has 0 bridgehead atoms. The second kappa shape index (κ2) is 2.88. The van der Waals surface area contributed by atoms with Crippen LogP contribution in [0.4, 0.5) is 0 Å². The molecule has 0 heterocycles. The monoisotopic (exact) mass is 63.0 g/mol. The van der Waals surface area contributed by atoms with Gasteiger partial charge in [-0.3, -0.25) is 5.04 Å². The molecule has 0 aromatic heterocycles. The van der Waals surface area contributed by atoms with Crippen LogP contribution < -0.4 is 5.26 Å². The van der Waals surface area contributed by atoms with Crippen molar-refractivity contribution >= 4 is 0 Å². The Balaban J connectivity index is 1.97. The lowest BCUT2D eigenvalue weighted by Crippen LogP contribution is -2.01. The van der Waals surface area contributed by atoms with Gasteiger partial charge in [0.1, 0.15) is 0 Å². The molecule has 4 heavy (non-hydrogen) atoms. The first-order chi connectivity index (χ1) is 1.91. The Bertz CT molecular complexity index is 5.25. The first kappa shape index (κ1) is 3.88. The molecule has 3 heteroatoms. The minimum atomic E-state index is 1.15. The van der Waals surface area contributed by atoms with Gasteiger partial charge in [-0.15, -0.1) is 0 Å². The third-order valence-corrected chi connectivity index (χ3v) is 0.0680. The Hall–Kier alpha value is -0.120. The maximum atomic E-state index is 8.58. The molecule has 0 N–H and O–H groups in total. The molecule has 0 aromatic rings. The molecule has 26 valence electrons. The lowest BCUT2D eigenvalue weighted by Gasteiger charge is -1.94. The van der Waals surface area contributed by atoms with Crippen molar-refractivity contribution in [2.24, 2.45) is 0 Å². The molecule has 0 rings (SSSR count). The van der Waals surface area contributed by atoms with Crippen LogP contribution in [-0.4, -0.2) is 7.11 Å². The minimum absolute atomic E-state index is 1.15. The van der Waals surface area contributed by atoms with Gasteiger partial charge in [0.05, 0.1) is 7.11 Å². The summed E-state index contributed by atoms with van der Waals surface area (Å²) in [5.74, 6) is 0. The maximum absolute atomic E-state index is 8.58. The number of rotatable bonds is 1. The van der Waals surface area contributed by atoms with Crippen LogP contribution in [-0.2, 0) is 9.93 Å². The van der Waals surface area contributed by atoms with Crippen LogP contribution in [0.5, 0.6) is 0 Å². The van der Waals surface area contributed by atoms with Gasteiger partial charge >= 0.3 is 0 Å². The van der Waals surface area contributed by atoms with Crippen molar-refractivity contribution in [1.82, 2.24) is 0 Å². The predicted molar refractivity (Wildman–Crippen MR) is 8.09 cm³/mol. The van der Waals surface area contributed by atoms with Gasteiger partial charge in [0.15, 0.2) is 0 Å².